The van der Waals surface area contributed by atoms with Gasteiger partial charge in [-0.05, 0) is 35.7 Å². The maximum atomic E-state index is 11.6. The van der Waals surface area contributed by atoms with Crippen molar-refractivity contribution in [2.75, 3.05) is 13.7 Å². The minimum absolute atomic E-state index is 0.216. The molecule has 1 saturated heterocycles. The van der Waals surface area contributed by atoms with Gasteiger partial charge >= 0.3 is 0 Å². The summed E-state index contributed by atoms with van der Waals surface area (Å²) in [5, 5.41) is 1.69. The molecule has 1 heterocycles. The molecule has 1 aliphatic rings. The van der Waals surface area contributed by atoms with E-state index >= 15 is 0 Å². The maximum Gasteiger partial charge on any atom is 0.286 e. The van der Waals surface area contributed by atoms with E-state index in [1.54, 1.807) is 7.11 Å². The minimum Gasteiger partial charge on any atom is -0.496 e. The van der Waals surface area contributed by atoms with E-state index in [2.05, 4.69) is 5.32 Å². The molecule has 1 fully saturated rings. The van der Waals surface area contributed by atoms with Crippen LogP contribution in [-0.2, 0) is 17.6 Å². The van der Waals surface area contributed by atoms with Gasteiger partial charge in [-0.2, -0.15) is 0 Å². The van der Waals surface area contributed by atoms with Gasteiger partial charge in [0.2, 0.25) is 5.91 Å². The highest BCUT2D eigenvalue weighted by atomic mass is 32.2. The van der Waals surface area contributed by atoms with Crippen LogP contribution < -0.4 is 14.8 Å². The number of methoxy groups -OCH3 is 1. The quantitative estimate of drug-likeness (QED) is 0.824. The summed E-state index contributed by atoms with van der Waals surface area (Å²) in [7, 11) is 1.66. The topological polar surface area (TPSA) is 64.6 Å². The molecule has 6 heteroatoms. The van der Waals surface area contributed by atoms with Crippen LogP contribution in [0, 0.1) is 0 Å². The summed E-state index contributed by atoms with van der Waals surface area (Å²) in [5.41, 5.74) is 2.11. The number of para-hydroxylation sites is 1. The number of amides is 2. The number of benzene rings is 2. The molecular weight excluding hydrogens is 338 g/mol. The zero-order valence-electron chi connectivity index (χ0n) is 13.9. The molecule has 0 aromatic heterocycles. The number of ether oxygens (including phenoxy) is 2. The molecule has 1 aliphatic heterocycles. The molecule has 0 aliphatic carbocycles. The van der Waals surface area contributed by atoms with Crippen molar-refractivity contribution in [2.45, 2.75) is 18.1 Å². The lowest BCUT2D eigenvalue weighted by atomic mass is 10.1. The summed E-state index contributed by atoms with van der Waals surface area (Å²) < 4.78 is 11.1. The Morgan fingerprint density at radius 2 is 1.84 bits per heavy atom. The number of thioether (sulfide) groups is 1. The molecule has 0 radical (unpaired) electrons. The molecule has 5 nitrogen and oxygen atoms in total. The second-order valence-electron chi connectivity index (χ2n) is 5.64. The van der Waals surface area contributed by atoms with E-state index in [4.69, 9.17) is 9.47 Å². The van der Waals surface area contributed by atoms with Crippen molar-refractivity contribution in [2.24, 2.45) is 0 Å². The van der Waals surface area contributed by atoms with Gasteiger partial charge in [0.15, 0.2) is 0 Å². The SMILES string of the molecule is COc1ccccc1CCOc1ccc(CC2SC(=O)NC2=O)cc1. The first kappa shape index (κ1) is 17.4. The standard InChI is InChI=1S/C19H19NO4S/c1-23-16-5-3-2-4-14(16)10-11-24-15-8-6-13(7-9-15)12-17-18(21)20-19(22)25-17/h2-9,17H,10-12H2,1H3,(H,20,21,22). The Kier molecular flexibility index (Phi) is 5.60. The molecule has 3 rings (SSSR count). The molecule has 1 atom stereocenters. The summed E-state index contributed by atoms with van der Waals surface area (Å²) in [6, 6.07) is 15.5. The molecular formula is C19H19NO4S. The van der Waals surface area contributed by atoms with E-state index in [0.717, 1.165) is 40.8 Å². The first-order chi connectivity index (χ1) is 12.2. The third-order valence-corrected chi connectivity index (χ3v) is 4.93. The molecule has 2 aromatic rings. The molecule has 0 bridgehead atoms. The van der Waals surface area contributed by atoms with E-state index in [-0.39, 0.29) is 16.4 Å². The van der Waals surface area contributed by atoms with Crippen molar-refractivity contribution in [3.63, 3.8) is 0 Å². The number of hydrogen-bond donors (Lipinski definition) is 1. The van der Waals surface area contributed by atoms with Gasteiger partial charge in [0, 0.05) is 6.42 Å². The molecule has 1 unspecified atom stereocenters. The molecule has 0 spiro atoms. The van der Waals surface area contributed by atoms with Gasteiger partial charge < -0.3 is 9.47 Å². The normalized spacial score (nSPS) is 16.6. The number of imide groups is 1. The molecule has 2 aromatic carbocycles. The highest BCUT2D eigenvalue weighted by Gasteiger charge is 2.31. The van der Waals surface area contributed by atoms with Crippen molar-refractivity contribution in [3.05, 3.63) is 59.7 Å². The second-order valence-corrected chi connectivity index (χ2v) is 6.82. The average molecular weight is 357 g/mol. The Morgan fingerprint density at radius 1 is 1.08 bits per heavy atom. The first-order valence-electron chi connectivity index (χ1n) is 8.01. The predicted molar refractivity (Wildman–Crippen MR) is 97.3 cm³/mol. The molecule has 25 heavy (non-hydrogen) atoms. The predicted octanol–water partition coefficient (Wildman–Crippen LogP) is 3.21. The van der Waals surface area contributed by atoms with Crippen molar-refractivity contribution in [1.29, 1.82) is 0 Å². The van der Waals surface area contributed by atoms with E-state index in [1.807, 2.05) is 48.5 Å². The fourth-order valence-corrected chi connectivity index (χ4v) is 3.51. The van der Waals surface area contributed by atoms with Gasteiger partial charge in [-0.3, -0.25) is 14.9 Å². The number of nitrogens with one attached hydrogen (secondary N) is 1. The second kappa shape index (κ2) is 8.07. The largest absolute Gasteiger partial charge is 0.496 e. The number of carbonyl (C=O) groups excluding carboxylic acids is 2. The van der Waals surface area contributed by atoms with E-state index in [9.17, 15) is 9.59 Å². The summed E-state index contributed by atoms with van der Waals surface area (Å²) >= 11 is 1.04. The zero-order chi connectivity index (χ0) is 17.6. The van der Waals surface area contributed by atoms with Crippen molar-refractivity contribution < 1.29 is 19.1 Å². The first-order valence-corrected chi connectivity index (χ1v) is 8.89. The molecule has 0 saturated carbocycles. The van der Waals surface area contributed by atoms with Crippen LogP contribution in [-0.4, -0.2) is 30.1 Å². The molecule has 130 valence electrons. The Bertz CT molecular complexity index is 760. The summed E-state index contributed by atoms with van der Waals surface area (Å²) in [6.07, 6.45) is 1.29. The summed E-state index contributed by atoms with van der Waals surface area (Å²) in [4.78, 5) is 22.8. The third kappa shape index (κ3) is 4.54. The Hall–Kier alpha value is -2.47. The lowest BCUT2D eigenvalue weighted by molar-refractivity contribution is -0.118. The smallest absolute Gasteiger partial charge is 0.286 e. The van der Waals surface area contributed by atoms with Gasteiger partial charge in [-0.25, -0.2) is 0 Å². The van der Waals surface area contributed by atoms with E-state index in [1.165, 1.54) is 0 Å². The zero-order valence-corrected chi connectivity index (χ0v) is 14.7. The van der Waals surface area contributed by atoms with Crippen molar-refractivity contribution >= 4 is 22.9 Å². The molecule has 2 amide bonds. The Balaban J connectivity index is 1.51. The highest BCUT2D eigenvalue weighted by molar-refractivity contribution is 8.15. The lowest BCUT2D eigenvalue weighted by Gasteiger charge is -2.10. The lowest BCUT2D eigenvalue weighted by Crippen LogP contribution is -2.25. The van der Waals surface area contributed by atoms with Crippen LogP contribution in [0.5, 0.6) is 11.5 Å². The van der Waals surface area contributed by atoms with Crippen LogP contribution in [0.4, 0.5) is 4.79 Å². The van der Waals surface area contributed by atoms with Gasteiger partial charge in [0.25, 0.3) is 5.24 Å². The number of carbonyl (C=O) groups is 2. The van der Waals surface area contributed by atoms with Gasteiger partial charge in [-0.1, -0.05) is 42.1 Å². The van der Waals surface area contributed by atoms with Crippen LogP contribution in [0.1, 0.15) is 11.1 Å². The third-order valence-electron chi connectivity index (χ3n) is 3.94. The van der Waals surface area contributed by atoms with Gasteiger partial charge in [0.1, 0.15) is 11.5 Å². The minimum atomic E-state index is -0.343. The number of rotatable bonds is 7. The molecule has 1 N–H and O–H groups in total. The van der Waals surface area contributed by atoms with Crippen LogP contribution in [0.15, 0.2) is 48.5 Å². The van der Waals surface area contributed by atoms with Crippen molar-refractivity contribution in [3.8, 4) is 11.5 Å². The fourth-order valence-electron chi connectivity index (χ4n) is 2.65. The Labute approximate surface area is 150 Å². The Morgan fingerprint density at radius 3 is 2.52 bits per heavy atom. The highest BCUT2D eigenvalue weighted by Crippen LogP contribution is 2.24. The van der Waals surface area contributed by atoms with Gasteiger partial charge in [-0.15, -0.1) is 0 Å². The van der Waals surface area contributed by atoms with Crippen LogP contribution in [0.2, 0.25) is 0 Å². The van der Waals surface area contributed by atoms with Crippen LogP contribution >= 0.6 is 11.8 Å². The maximum absolute atomic E-state index is 11.6. The van der Waals surface area contributed by atoms with E-state index in [0.29, 0.717) is 13.0 Å². The van der Waals surface area contributed by atoms with Gasteiger partial charge in [0.05, 0.1) is 19.0 Å². The van der Waals surface area contributed by atoms with E-state index < -0.39 is 0 Å². The number of hydrogen-bond acceptors (Lipinski definition) is 5. The average Bonchev–Trinajstić information content (AvgIpc) is 2.94. The van der Waals surface area contributed by atoms with Crippen molar-refractivity contribution in [1.82, 2.24) is 5.32 Å². The van der Waals surface area contributed by atoms with Crippen LogP contribution in [0.25, 0.3) is 0 Å². The monoisotopic (exact) mass is 357 g/mol. The summed E-state index contributed by atoms with van der Waals surface area (Å²) in [6.45, 7) is 0.551. The fraction of sp³-hybridized carbons (Fsp3) is 0.263. The summed E-state index contributed by atoms with van der Waals surface area (Å²) in [5.74, 6) is 1.42. The van der Waals surface area contributed by atoms with Crippen LogP contribution in [0.3, 0.4) is 0 Å².